The molecule has 0 saturated carbocycles. The quantitative estimate of drug-likeness (QED) is 0.644. The van der Waals surface area contributed by atoms with Gasteiger partial charge in [-0.25, -0.2) is 8.42 Å². The number of aryl methyl sites for hydroxylation is 1. The van der Waals surface area contributed by atoms with Crippen LogP contribution in [-0.4, -0.2) is 54.5 Å². The van der Waals surface area contributed by atoms with Crippen molar-refractivity contribution in [2.75, 3.05) is 18.4 Å². The summed E-state index contributed by atoms with van der Waals surface area (Å²) in [5.74, 6) is -1.64. The molecule has 0 radical (unpaired) electrons. The van der Waals surface area contributed by atoms with Crippen molar-refractivity contribution < 1.29 is 22.8 Å². The van der Waals surface area contributed by atoms with E-state index in [1.165, 1.54) is 17.3 Å². The fraction of sp³-hybridized carbons (Fsp3) is 0.348. The van der Waals surface area contributed by atoms with Gasteiger partial charge >= 0.3 is 0 Å². The number of anilines is 1. The van der Waals surface area contributed by atoms with E-state index in [0.29, 0.717) is 29.9 Å². The average molecular weight is 458 g/mol. The van der Waals surface area contributed by atoms with Gasteiger partial charge in [0.15, 0.2) is 0 Å². The van der Waals surface area contributed by atoms with Crippen molar-refractivity contribution >= 4 is 33.4 Å². The van der Waals surface area contributed by atoms with Crippen LogP contribution < -0.4 is 5.32 Å². The fourth-order valence-electron chi connectivity index (χ4n) is 3.73. The number of sulfonamides is 1. The number of benzene rings is 2. The molecule has 0 aromatic heterocycles. The lowest BCUT2D eigenvalue weighted by atomic mass is 10.1. The Morgan fingerprint density at radius 2 is 1.56 bits per heavy atom. The van der Waals surface area contributed by atoms with Crippen molar-refractivity contribution in [2.45, 2.75) is 45.6 Å². The number of nitrogens with zero attached hydrogens (tertiary/aromatic N) is 2. The van der Waals surface area contributed by atoms with Crippen molar-refractivity contribution in [1.82, 2.24) is 9.21 Å². The zero-order valence-corrected chi connectivity index (χ0v) is 19.6. The predicted molar refractivity (Wildman–Crippen MR) is 121 cm³/mol. The fourth-order valence-corrected chi connectivity index (χ4v) is 5.30. The van der Waals surface area contributed by atoms with Gasteiger partial charge in [-0.1, -0.05) is 26.0 Å². The molecule has 2 aromatic rings. The topological polar surface area (TPSA) is 104 Å². The second-order valence-corrected chi connectivity index (χ2v) is 9.63. The number of hydrogen-bond acceptors (Lipinski definition) is 5. The van der Waals surface area contributed by atoms with E-state index in [9.17, 15) is 22.8 Å². The molecule has 1 heterocycles. The van der Waals surface area contributed by atoms with Gasteiger partial charge in [0.25, 0.3) is 11.8 Å². The van der Waals surface area contributed by atoms with Crippen LogP contribution in [-0.2, 0) is 14.8 Å². The second-order valence-electron chi connectivity index (χ2n) is 7.69. The summed E-state index contributed by atoms with van der Waals surface area (Å²) in [7, 11) is -3.73. The minimum absolute atomic E-state index is 0.0768. The molecule has 1 aliphatic heterocycles. The van der Waals surface area contributed by atoms with Crippen molar-refractivity contribution in [2.24, 2.45) is 0 Å². The SMILES string of the molecule is CCN(CC)S(=O)(=O)c1cc(C)c(C)c(NC(=O)C(C)N2C(=O)c3ccccc3C2=O)c1. The highest BCUT2D eigenvalue weighted by Crippen LogP contribution is 2.28. The van der Waals surface area contributed by atoms with Gasteiger partial charge in [0, 0.05) is 18.8 Å². The summed E-state index contributed by atoms with van der Waals surface area (Å²) in [6.07, 6.45) is 0. The third-order valence-corrected chi connectivity index (χ3v) is 7.86. The normalized spacial score (nSPS) is 14.6. The third-order valence-electron chi connectivity index (χ3n) is 5.83. The summed E-state index contributed by atoms with van der Waals surface area (Å²) in [6.45, 7) is 9.17. The van der Waals surface area contributed by atoms with Crippen LogP contribution in [0.5, 0.6) is 0 Å². The van der Waals surface area contributed by atoms with Crippen molar-refractivity contribution in [3.05, 3.63) is 58.7 Å². The highest BCUT2D eigenvalue weighted by molar-refractivity contribution is 7.89. The summed E-state index contributed by atoms with van der Waals surface area (Å²) in [4.78, 5) is 39.4. The first kappa shape index (κ1) is 23.6. The largest absolute Gasteiger partial charge is 0.324 e. The molecule has 1 atom stereocenters. The first-order chi connectivity index (χ1) is 15.0. The molecule has 170 valence electrons. The van der Waals surface area contributed by atoms with E-state index in [4.69, 9.17) is 0 Å². The number of imide groups is 1. The average Bonchev–Trinajstić information content (AvgIpc) is 3.01. The van der Waals surface area contributed by atoms with Gasteiger partial charge in [0.1, 0.15) is 6.04 Å². The maximum absolute atomic E-state index is 13.0. The van der Waals surface area contributed by atoms with Gasteiger partial charge in [-0.3, -0.25) is 19.3 Å². The first-order valence-electron chi connectivity index (χ1n) is 10.4. The third kappa shape index (κ3) is 3.93. The van der Waals surface area contributed by atoms with Gasteiger partial charge < -0.3 is 5.32 Å². The molecule has 0 aliphatic carbocycles. The molecule has 1 unspecified atom stereocenters. The molecule has 32 heavy (non-hydrogen) atoms. The summed E-state index contributed by atoms with van der Waals surface area (Å²) in [5.41, 5.74) is 2.24. The van der Waals surface area contributed by atoms with Gasteiger partial charge in [-0.05, 0) is 56.2 Å². The Hall–Kier alpha value is -3.04. The lowest BCUT2D eigenvalue weighted by molar-refractivity contribution is -0.119. The molecule has 3 amide bonds. The Morgan fingerprint density at radius 1 is 1.03 bits per heavy atom. The number of amides is 3. The summed E-state index contributed by atoms with van der Waals surface area (Å²) >= 11 is 0. The maximum atomic E-state index is 13.0. The smallest absolute Gasteiger partial charge is 0.262 e. The Labute approximate surface area is 188 Å². The van der Waals surface area contributed by atoms with Crippen LogP contribution in [0.2, 0.25) is 0 Å². The Morgan fingerprint density at radius 3 is 2.06 bits per heavy atom. The predicted octanol–water partition coefficient (Wildman–Crippen LogP) is 2.96. The molecule has 1 N–H and O–H groups in total. The number of nitrogens with one attached hydrogen (secondary N) is 1. The molecule has 0 fully saturated rings. The minimum Gasteiger partial charge on any atom is -0.324 e. The van der Waals surface area contributed by atoms with Crippen LogP contribution in [0.1, 0.15) is 52.6 Å². The van der Waals surface area contributed by atoms with Crippen LogP contribution >= 0.6 is 0 Å². The van der Waals surface area contributed by atoms with Crippen LogP contribution in [0.3, 0.4) is 0 Å². The molecule has 2 aromatic carbocycles. The van der Waals surface area contributed by atoms with Crippen LogP contribution in [0, 0.1) is 13.8 Å². The molecule has 0 bridgehead atoms. The molecule has 0 spiro atoms. The van der Waals surface area contributed by atoms with E-state index < -0.39 is 33.8 Å². The molecule has 9 heteroatoms. The van der Waals surface area contributed by atoms with Crippen LogP contribution in [0.15, 0.2) is 41.3 Å². The summed E-state index contributed by atoms with van der Waals surface area (Å²) < 4.78 is 27.3. The zero-order valence-electron chi connectivity index (χ0n) is 18.8. The molecular weight excluding hydrogens is 430 g/mol. The maximum Gasteiger partial charge on any atom is 0.262 e. The standard InChI is InChI=1S/C23H27N3O5S/c1-6-25(7-2)32(30,31)17-12-14(3)15(4)20(13-17)24-21(27)16(5)26-22(28)18-10-8-9-11-19(18)23(26)29/h8-13,16H,6-7H2,1-5H3,(H,24,27). The van der Waals surface area contributed by atoms with Crippen LogP contribution in [0.25, 0.3) is 0 Å². The van der Waals surface area contributed by atoms with E-state index in [0.717, 1.165) is 4.90 Å². The lowest BCUT2D eigenvalue weighted by Crippen LogP contribution is -2.45. The Kier molecular flexibility index (Phi) is 6.52. The highest BCUT2D eigenvalue weighted by atomic mass is 32.2. The van der Waals surface area contributed by atoms with Gasteiger partial charge in [0.2, 0.25) is 15.9 Å². The summed E-state index contributed by atoms with van der Waals surface area (Å²) in [5, 5.41) is 2.72. The number of hydrogen-bond donors (Lipinski definition) is 1. The number of fused-ring (bicyclic) bond motifs is 1. The van der Waals surface area contributed by atoms with Crippen molar-refractivity contribution in [3.63, 3.8) is 0 Å². The number of carbonyl (C=O) groups excluding carboxylic acids is 3. The number of rotatable bonds is 7. The first-order valence-corrected chi connectivity index (χ1v) is 11.9. The lowest BCUT2D eigenvalue weighted by Gasteiger charge is -2.23. The Balaban J connectivity index is 1.91. The van der Waals surface area contributed by atoms with Gasteiger partial charge in [0.05, 0.1) is 16.0 Å². The van der Waals surface area contributed by atoms with Crippen molar-refractivity contribution in [1.29, 1.82) is 0 Å². The molecule has 0 saturated heterocycles. The van der Waals surface area contributed by atoms with E-state index in [2.05, 4.69) is 5.32 Å². The highest BCUT2D eigenvalue weighted by Gasteiger charge is 2.40. The Bertz CT molecular complexity index is 1170. The van der Waals surface area contributed by atoms with Crippen molar-refractivity contribution in [3.8, 4) is 0 Å². The van der Waals surface area contributed by atoms with E-state index in [1.807, 2.05) is 0 Å². The minimum atomic E-state index is -3.73. The molecule has 8 nitrogen and oxygen atoms in total. The van der Waals surface area contributed by atoms with E-state index in [1.54, 1.807) is 58.0 Å². The molecule has 3 rings (SSSR count). The molecule has 1 aliphatic rings. The van der Waals surface area contributed by atoms with Gasteiger partial charge in [-0.2, -0.15) is 4.31 Å². The van der Waals surface area contributed by atoms with Crippen LogP contribution in [0.4, 0.5) is 5.69 Å². The van der Waals surface area contributed by atoms with Gasteiger partial charge in [-0.15, -0.1) is 0 Å². The molecular formula is C23H27N3O5S. The summed E-state index contributed by atoms with van der Waals surface area (Å²) in [6, 6.07) is 8.34. The number of carbonyl (C=O) groups is 3. The monoisotopic (exact) mass is 457 g/mol. The van der Waals surface area contributed by atoms with E-state index in [-0.39, 0.29) is 16.0 Å². The van der Waals surface area contributed by atoms with E-state index >= 15 is 0 Å². The zero-order chi connectivity index (χ0) is 23.8. The second kappa shape index (κ2) is 8.84.